The van der Waals surface area contributed by atoms with E-state index in [-0.39, 0.29) is 18.8 Å². The molecule has 0 aromatic carbocycles. The lowest BCUT2D eigenvalue weighted by Gasteiger charge is -2.19. The lowest BCUT2D eigenvalue weighted by Crippen LogP contribution is -2.53. The number of carbonyl (C=O) groups excluding carboxylic acids is 3. The first kappa shape index (κ1) is 21.5. The van der Waals surface area contributed by atoms with Gasteiger partial charge in [-0.05, 0) is 31.6 Å². The molecule has 0 spiro atoms. The molecular weight excluding hydrogens is 306 g/mol. The lowest BCUT2D eigenvalue weighted by molar-refractivity contribution is -0.159. The summed E-state index contributed by atoms with van der Waals surface area (Å²) >= 11 is 0. The van der Waals surface area contributed by atoms with Crippen molar-refractivity contribution in [2.75, 3.05) is 6.54 Å². The Balaban J connectivity index is 4.47. The third-order valence-electron chi connectivity index (χ3n) is 3.35. The van der Waals surface area contributed by atoms with Crippen LogP contribution in [0.3, 0.4) is 0 Å². The molecule has 0 bridgehead atoms. The van der Waals surface area contributed by atoms with Gasteiger partial charge in [0.05, 0.1) is 0 Å². The lowest BCUT2D eigenvalue weighted by atomic mass is 10.0. The minimum Gasteiger partial charge on any atom is -0.354 e. The summed E-state index contributed by atoms with van der Waals surface area (Å²) in [6, 6.07) is -1.13. The summed E-state index contributed by atoms with van der Waals surface area (Å²) in [6.07, 6.45) is 0.663. The fourth-order valence-corrected chi connectivity index (χ4v) is 1.69. The fraction of sp³-hybridized carbons (Fsp3) is 0.812. The Kier molecular flexibility index (Phi) is 8.94. The second-order valence-electron chi connectivity index (χ2n) is 6.60. The molecule has 0 rings (SSSR count). The molecule has 5 nitrogen and oxygen atoms in total. The maximum atomic E-state index is 13.7. The molecule has 7 heteroatoms. The van der Waals surface area contributed by atoms with Crippen molar-refractivity contribution in [3.63, 3.8) is 0 Å². The van der Waals surface area contributed by atoms with Crippen LogP contribution in [0.4, 0.5) is 8.78 Å². The highest BCUT2D eigenvalue weighted by Gasteiger charge is 2.46. The van der Waals surface area contributed by atoms with Crippen molar-refractivity contribution in [2.24, 2.45) is 11.8 Å². The molecule has 0 saturated heterocycles. The van der Waals surface area contributed by atoms with Crippen LogP contribution in [0.1, 0.15) is 53.9 Å². The Labute approximate surface area is 136 Å². The molecule has 134 valence electrons. The molecule has 0 saturated carbocycles. The van der Waals surface area contributed by atoms with Crippen LogP contribution in [0.2, 0.25) is 0 Å². The van der Waals surface area contributed by atoms with Gasteiger partial charge in [0.25, 0.3) is 5.91 Å². The molecule has 0 aromatic rings. The van der Waals surface area contributed by atoms with E-state index in [1.54, 1.807) is 13.8 Å². The van der Waals surface area contributed by atoms with Crippen LogP contribution < -0.4 is 10.6 Å². The number of carbonyl (C=O) groups is 3. The Hall–Kier alpha value is -1.53. The van der Waals surface area contributed by atoms with Gasteiger partial charge in [0.15, 0.2) is 0 Å². The molecule has 0 aliphatic heterocycles. The maximum Gasteiger partial charge on any atom is 0.381 e. The number of Topliss-reactive ketones (excluding diaryl/α,β-unsaturated/α-hetero) is 1. The average Bonchev–Trinajstić information content (AvgIpc) is 2.43. The molecule has 0 heterocycles. The smallest absolute Gasteiger partial charge is 0.354 e. The number of ketones is 1. The highest BCUT2D eigenvalue weighted by atomic mass is 19.3. The van der Waals surface area contributed by atoms with Crippen LogP contribution >= 0.6 is 0 Å². The number of alkyl halides is 2. The quantitative estimate of drug-likeness (QED) is 0.602. The number of halogens is 2. The van der Waals surface area contributed by atoms with Gasteiger partial charge in [0.1, 0.15) is 6.04 Å². The van der Waals surface area contributed by atoms with Crippen molar-refractivity contribution in [3.8, 4) is 0 Å². The monoisotopic (exact) mass is 334 g/mol. The Morgan fingerprint density at radius 1 is 0.957 bits per heavy atom. The van der Waals surface area contributed by atoms with Gasteiger partial charge in [0, 0.05) is 13.0 Å². The highest BCUT2D eigenvalue weighted by molar-refractivity contribution is 6.08. The summed E-state index contributed by atoms with van der Waals surface area (Å²) < 4.78 is 27.5. The van der Waals surface area contributed by atoms with Crippen molar-refractivity contribution in [1.82, 2.24) is 10.6 Å². The predicted octanol–water partition coefficient (Wildman–Crippen LogP) is 2.29. The van der Waals surface area contributed by atoms with Gasteiger partial charge in [-0.2, -0.15) is 8.78 Å². The standard InChI is InChI=1S/C16H28F2N2O3/c1-10(2)6-7-13(21)16(17,18)15(23)20-12(5)14(22)19-9-8-11(3)4/h10-12H,6-9H2,1-5H3,(H,19,22)(H,20,23). The van der Waals surface area contributed by atoms with Crippen LogP contribution in [0.25, 0.3) is 0 Å². The molecule has 23 heavy (non-hydrogen) atoms. The summed E-state index contributed by atoms with van der Waals surface area (Å²) in [5, 5.41) is 4.46. The van der Waals surface area contributed by atoms with E-state index < -0.39 is 29.6 Å². The van der Waals surface area contributed by atoms with E-state index in [1.165, 1.54) is 6.92 Å². The number of amides is 2. The van der Waals surface area contributed by atoms with E-state index in [0.29, 0.717) is 12.5 Å². The molecule has 2 amide bonds. The second kappa shape index (κ2) is 9.57. The number of hydrogen-bond acceptors (Lipinski definition) is 3. The van der Waals surface area contributed by atoms with E-state index >= 15 is 0 Å². The Morgan fingerprint density at radius 2 is 1.48 bits per heavy atom. The Bertz CT molecular complexity index is 424. The van der Waals surface area contributed by atoms with Crippen molar-refractivity contribution < 1.29 is 23.2 Å². The van der Waals surface area contributed by atoms with Crippen LogP contribution in [0.15, 0.2) is 0 Å². The first-order valence-electron chi connectivity index (χ1n) is 7.98. The summed E-state index contributed by atoms with van der Waals surface area (Å²) in [6.45, 7) is 9.28. The summed E-state index contributed by atoms with van der Waals surface area (Å²) in [5.74, 6) is -7.33. The minimum absolute atomic E-state index is 0.0865. The second-order valence-corrected chi connectivity index (χ2v) is 6.60. The number of rotatable bonds is 10. The maximum absolute atomic E-state index is 13.7. The van der Waals surface area contributed by atoms with Crippen LogP contribution in [0.5, 0.6) is 0 Å². The molecule has 1 unspecified atom stereocenters. The molecular formula is C16H28F2N2O3. The molecule has 0 aliphatic carbocycles. The minimum atomic E-state index is -4.11. The predicted molar refractivity (Wildman–Crippen MR) is 84.1 cm³/mol. The molecule has 0 aliphatic rings. The normalized spacial score (nSPS) is 13.1. The highest BCUT2D eigenvalue weighted by Crippen LogP contribution is 2.20. The van der Waals surface area contributed by atoms with E-state index in [2.05, 4.69) is 5.32 Å². The van der Waals surface area contributed by atoms with E-state index in [9.17, 15) is 23.2 Å². The first-order valence-corrected chi connectivity index (χ1v) is 7.98. The van der Waals surface area contributed by atoms with Crippen molar-refractivity contribution >= 4 is 17.6 Å². The van der Waals surface area contributed by atoms with E-state index in [1.807, 2.05) is 19.2 Å². The summed E-state index contributed by atoms with van der Waals surface area (Å²) in [7, 11) is 0. The largest absolute Gasteiger partial charge is 0.381 e. The van der Waals surface area contributed by atoms with Gasteiger partial charge in [-0.1, -0.05) is 27.7 Å². The third-order valence-corrected chi connectivity index (χ3v) is 3.35. The molecule has 0 fully saturated rings. The van der Waals surface area contributed by atoms with Gasteiger partial charge in [-0.3, -0.25) is 14.4 Å². The van der Waals surface area contributed by atoms with Crippen LogP contribution in [-0.2, 0) is 14.4 Å². The van der Waals surface area contributed by atoms with Crippen molar-refractivity contribution in [1.29, 1.82) is 0 Å². The molecule has 0 aromatic heterocycles. The zero-order valence-corrected chi connectivity index (χ0v) is 14.5. The summed E-state index contributed by atoms with van der Waals surface area (Å²) in [5.41, 5.74) is 0. The fourth-order valence-electron chi connectivity index (χ4n) is 1.69. The third kappa shape index (κ3) is 8.04. The number of hydrogen-bond donors (Lipinski definition) is 2. The zero-order chi connectivity index (χ0) is 18.2. The van der Waals surface area contributed by atoms with Crippen LogP contribution in [0, 0.1) is 11.8 Å². The Morgan fingerprint density at radius 3 is 1.96 bits per heavy atom. The van der Waals surface area contributed by atoms with E-state index in [0.717, 1.165) is 6.42 Å². The van der Waals surface area contributed by atoms with E-state index in [4.69, 9.17) is 0 Å². The van der Waals surface area contributed by atoms with Gasteiger partial charge < -0.3 is 10.6 Å². The average molecular weight is 334 g/mol. The number of nitrogens with one attached hydrogen (secondary N) is 2. The zero-order valence-electron chi connectivity index (χ0n) is 14.5. The van der Waals surface area contributed by atoms with Gasteiger partial charge in [-0.15, -0.1) is 0 Å². The SMILES string of the molecule is CC(C)CCNC(=O)C(C)NC(=O)C(F)(F)C(=O)CCC(C)C. The van der Waals surface area contributed by atoms with Gasteiger partial charge in [-0.25, -0.2) is 0 Å². The van der Waals surface area contributed by atoms with Crippen molar-refractivity contribution in [2.45, 2.75) is 65.8 Å². The summed E-state index contributed by atoms with van der Waals surface area (Å²) in [4.78, 5) is 34.8. The topological polar surface area (TPSA) is 75.3 Å². The molecule has 2 N–H and O–H groups in total. The first-order chi connectivity index (χ1) is 10.5. The van der Waals surface area contributed by atoms with Gasteiger partial charge in [0.2, 0.25) is 11.7 Å². The molecule has 0 radical (unpaired) electrons. The van der Waals surface area contributed by atoms with Crippen molar-refractivity contribution in [3.05, 3.63) is 0 Å². The van der Waals surface area contributed by atoms with Gasteiger partial charge >= 0.3 is 5.92 Å². The molecule has 1 atom stereocenters. The van der Waals surface area contributed by atoms with Crippen LogP contribution in [-0.4, -0.2) is 36.1 Å².